The molecule has 0 aliphatic carbocycles. The van der Waals surface area contributed by atoms with Gasteiger partial charge in [-0.1, -0.05) is 18.2 Å². The molecular weight excluding hydrogens is 224 g/mol. The molecule has 0 aliphatic rings. The van der Waals surface area contributed by atoms with Crippen LogP contribution >= 0.6 is 11.8 Å². The Hall–Kier alpha value is -1.93. The Balaban J connectivity index is 2.68. The lowest BCUT2D eigenvalue weighted by molar-refractivity contribution is 0.0591. The number of aromatic amines is 1. The molecule has 0 aliphatic heterocycles. The Labute approximate surface area is 96.2 Å². The number of nitrogens with zero attached hydrogens (tertiary/aromatic N) is 1. The first kappa shape index (κ1) is 10.6. The molecule has 0 fully saturated rings. The van der Waals surface area contributed by atoms with E-state index in [4.69, 9.17) is 5.26 Å². The third-order valence-electron chi connectivity index (χ3n) is 2.20. The fourth-order valence-corrected chi connectivity index (χ4v) is 2.13. The van der Waals surface area contributed by atoms with Gasteiger partial charge in [-0.15, -0.1) is 0 Å². The maximum absolute atomic E-state index is 11.5. The summed E-state index contributed by atoms with van der Waals surface area (Å²) in [6.45, 7) is 0. The van der Waals surface area contributed by atoms with Gasteiger partial charge in [0.1, 0.15) is 11.1 Å². The Kier molecular flexibility index (Phi) is 2.84. The van der Waals surface area contributed by atoms with Crippen molar-refractivity contribution < 1.29 is 9.53 Å². The highest BCUT2D eigenvalue weighted by atomic mass is 32.2. The average molecular weight is 232 g/mol. The van der Waals surface area contributed by atoms with Crippen LogP contribution in [0.25, 0.3) is 10.9 Å². The van der Waals surface area contributed by atoms with Gasteiger partial charge < -0.3 is 9.72 Å². The standard InChI is InChI=1S/C11H8N2O2S/c1-15-11(14)9-10(16-6-12)7-4-2-3-5-8(7)13-9/h2-5,13H,1H3. The average Bonchev–Trinajstić information content (AvgIpc) is 2.68. The Morgan fingerprint density at radius 3 is 2.94 bits per heavy atom. The van der Waals surface area contributed by atoms with Gasteiger partial charge >= 0.3 is 5.97 Å². The molecule has 80 valence electrons. The zero-order valence-corrected chi connectivity index (χ0v) is 9.30. The number of thioether (sulfide) groups is 1. The summed E-state index contributed by atoms with van der Waals surface area (Å²) in [5.41, 5.74) is 1.15. The molecule has 2 aromatic rings. The second kappa shape index (κ2) is 4.29. The van der Waals surface area contributed by atoms with Crippen LogP contribution in [0.3, 0.4) is 0 Å². The van der Waals surface area contributed by atoms with Gasteiger partial charge in [0.2, 0.25) is 0 Å². The fourth-order valence-electron chi connectivity index (χ4n) is 1.51. The monoisotopic (exact) mass is 232 g/mol. The molecule has 1 N–H and O–H groups in total. The highest BCUT2D eigenvalue weighted by Gasteiger charge is 2.18. The minimum absolute atomic E-state index is 0.329. The number of hydrogen-bond acceptors (Lipinski definition) is 4. The summed E-state index contributed by atoms with van der Waals surface area (Å²) in [6.07, 6.45) is 0. The number of carbonyl (C=O) groups is 1. The molecule has 5 heteroatoms. The number of thiocyanates is 1. The van der Waals surface area contributed by atoms with E-state index in [1.807, 2.05) is 29.7 Å². The van der Waals surface area contributed by atoms with Crippen molar-refractivity contribution in [3.05, 3.63) is 30.0 Å². The Morgan fingerprint density at radius 1 is 1.50 bits per heavy atom. The van der Waals surface area contributed by atoms with Gasteiger partial charge in [0.05, 0.1) is 12.0 Å². The number of H-pyrrole nitrogens is 1. The van der Waals surface area contributed by atoms with Crippen molar-refractivity contribution in [1.82, 2.24) is 4.98 Å². The molecule has 1 aromatic heterocycles. The van der Waals surface area contributed by atoms with Crippen molar-refractivity contribution in [3.8, 4) is 5.40 Å². The molecule has 0 radical (unpaired) electrons. The molecule has 0 saturated carbocycles. The first-order chi connectivity index (χ1) is 7.77. The minimum Gasteiger partial charge on any atom is -0.464 e. The van der Waals surface area contributed by atoms with Crippen LogP contribution in [0.1, 0.15) is 10.5 Å². The number of esters is 1. The van der Waals surface area contributed by atoms with Crippen LogP contribution < -0.4 is 0 Å². The van der Waals surface area contributed by atoms with Crippen LogP contribution in [0.2, 0.25) is 0 Å². The van der Waals surface area contributed by atoms with E-state index in [-0.39, 0.29) is 0 Å². The van der Waals surface area contributed by atoms with E-state index in [2.05, 4.69) is 9.72 Å². The van der Waals surface area contributed by atoms with Crippen molar-refractivity contribution >= 4 is 28.6 Å². The number of carbonyl (C=O) groups excluding carboxylic acids is 1. The van der Waals surface area contributed by atoms with Crippen LogP contribution in [0.4, 0.5) is 0 Å². The SMILES string of the molecule is COC(=O)c1[nH]c2ccccc2c1SC#N. The minimum atomic E-state index is -0.464. The summed E-state index contributed by atoms with van der Waals surface area (Å²) in [6, 6.07) is 7.43. The van der Waals surface area contributed by atoms with Crippen LogP contribution in [0.15, 0.2) is 29.2 Å². The summed E-state index contributed by atoms with van der Waals surface area (Å²) in [5.74, 6) is -0.464. The second-order valence-corrected chi connectivity index (χ2v) is 3.85. The number of fused-ring (bicyclic) bond motifs is 1. The molecule has 0 bridgehead atoms. The largest absolute Gasteiger partial charge is 0.464 e. The topological polar surface area (TPSA) is 65.9 Å². The molecule has 0 saturated heterocycles. The van der Waals surface area contributed by atoms with E-state index >= 15 is 0 Å². The van der Waals surface area contributed by atoms with E-state index in [1.165, 1.54) is 7.11 Å². The van der Waals surface area contributed by atoms with E-state index in [1.54, 1.807) is 0 Å². The van der Waals surface area contributed by atoms with E-state index < -0.39 is 5.97 Å². The van der Waals surface area contributed by atoms with Crippen LogP contribution in [0.5, 0.6) is 0 Å². The number of nitriles is 1. The van der Waals surface area contributed by atoms with Crippen molar-refractivity contribution in [3.63, 3.8) is 0 Å². The van der Waals surface area contributed by atoms with Gasteiger partial charge in [0.15, 0.2) is 0 Å². The molecule has 0 unspecified atom stereocenters. The number of rotatable bonds is 2. The van der Waals surface area contributed by atoms with E-state index in [0.717, 1.165) is 22.7 Å². The number of nitrogens with one attached hydrogen (secondary N) is 1. The van der Waals surface area contributed by atoms with Gasteiger partial charge in [-0.2, -0.15) is 5.26 Å². The van der Waals surface area contributed by atoms with Gasteiger partial charge in [-0.05, 0) is 17.8 Å². The number of hydrogen-bond donors (Lipinski definition) is 1. The molecule has 1 heterocycles. The molecule has 1 aromatic carbocycles. The molecule has 16 heavy (non-hydrogen) atoms. The first-order valence-corrected chi connectivity index (χ1v) is 5.34. The first-order valence-electron chi connectivity index (χ1n) is 4.53. The smallest absolute Gasteiger partial charge is 0.355 e. The molecule has 0 spiro atoms. The number of aromatic nitrogens is 1. The molecule has 4 nitrogen and oxygen atoms in total. The van der Waals surface area contributed by atoms with Crippen molar-refractivity contribution in [2.24, 2.45) is 0 Å². The quantitative estimate of drug-likeness (QED) is 0.491. The number of ether oxygens (including phenoxy) is 1. The fraction of sp³-hybridized carbons (Fsp3) is 0.0909. The predicted octanol–water partition coefficient (Wildman–Crippen LogP) is 2.53. The summed E-state index contributed by atoms with van der Waals surface area (Å²) in [5, 5.41) is 11.5. The van der Waals surface area contributed by atoms with Crippen LogP contribution in [-0.4, -0.2) is 18.1 Å². The van der Waals surface area contributed by atoms with Crippen molar-refractivity contribution in [2.45, 2.75) is 4.90 Å². The number of benzene rings is 1. The highest BCUT2D eigenvalue weighted by Crippen LogP contribution is 2.31. The Morgan fingerprint density at radius 2 is 2.25 bits per heavy atom. The highest BCUT2D eigenvalue weighted by molar-refractivity contribution is 8.04. The van der Waals surface area contributed by atoms with Crippen LogP contribution in [0, 0.1) is 10.7 Å². The molecular formula is C11H8N2O2S. The van der Waals surface area contributed by atoms with Crippen molar-refractivity contribution in [1.29, 1.82) is 5.26 Å². The third-order valence-corrected chi connectivity index (χ3v) is 2.92. The Bertz CT molecular complexity index is 583. The zero-order valence-electron chi connectivity index (χ0n) is 8.48. The maximum Gasteiger partial charge on any atom is 0.355 e. The predicted molar refractivity (Wildman–Crippen MR) is 61.1 cm³/mol. The van der Waals surface area contributed by atoms with Gasteiger partial charge in [0, 0.05) is 10.9 Å². The summed E-state index contributed by atoms with van der Waals surface area (Å²) in [7, 11) is 1.31. The lowest BCUT2D eigenvalue weighted by Crippen LogP contribution is -2.02. The third kappa shape index (κ3) is 1.64. The maximum atomic E-state index is 11.5. The van der Waals surface area contributed by atoms with E-state index in [0.29, 0.717) is 10.6 Å². The zero-order chi connectivity index (χ0) is 11.5. The molecule has 0 amide bonds. The number of methoxy groups -OCH3 is 1. The second-order valence-electron chi connectivity index (χ2n) is 3.06. The molecule has 0 atom stereocenters. The summed E-state index contributed by atoms with van der Waals surface area (Å²) < 4.78 is 4.66. The van der Waals surface area contributed by atoms with Gasteiger partial charge in [-0.25, -0.2) is 4.79 Å². The van der Waals surface area contributed by atoms with E-state index in [9.17, 15) is 4.79 Å². The van der Waals surface area contributed by atoms with Crippen LogP contribution in [-0.2, 0) is 4.74 Å². The van der Waals surface area contributed by atoms with Crippen molar-refractivity contribution in [2.75, 3.05) is 7.11 Å². The van der Waals surface area contributed by atoms with Gasteiger partial charge in [-0.3, -0.25) is 0 Å². The van der Waals surface area contributed by atoms with Gasteiger partial charge in [0.25, 0.3) is 0 Å². The number of para-hydroxylation sites is 1. The summed E-state index contributed by atoms with van der Waals surface area (Å²) in [4.78, 5) is 15.1. The normalized spacial score (nSPS) is 10.0. The molecule has 2 rings (SSSR count). The summed E-state index contributed by atoms with van der Waals surface area (Å²) >= 11 is 0.955. The lowest BCUT2D eigenvalue weighted by atomic mass is 10.2. The lowest BCUT2D eigenvalue weighted by Gasteiger charge is -1.97.